The van der Waals surface area contributed by atoms with Crippen molar-refractivity contribution in [2.45, 2.75) is 32.0 Å². The lowest BCUT2D eigenvalue weighted by atomic mass is 10.0. The van der Waals surface area contributed by atoms with Gasteiger partial charge in [0.05, 0.1) is 23.9 Å². The molecule has 0 aliphatic heterocycles. The molecular weight excluding hydrogens is 612 g/mol. The van der Waals surface area contributed by atoms with Gasteiger partial charge in [-0.3, -0.25) is 9.59 Å². The predicted octanol–water partition coefficient (Wildman–Crippen LogP) is 2.72. The Kier molecular flexibility index (Phi) is 12.1. The van der Waals surface area contributed by atoms with E-state index >= 15 is 0 Å². The van der Waals surface area contributed by atoms with Gasteiger partial charge in [-0.1, -0.05) is 42.5 Å². The average Bonchev–Trinajstić information content (AvgIpc) is 2.98. The highest BCUT2D eigenvalue weighted by atomic mass is 79.9. The fourth-order valence-electron chi connectivity index (χ4n) is 3.63. The summed E-state index contributed by atoms with van der Waals surface area (Å²) in [5.41, 5.74) is 4.21. The number of rotatable bonds is 13. The molecule has 42 heavy (non-hydrogen) atoms. The normalized spacial score (nSPS) is 12.3. The van der Waals surface area contributed by atoms with Gasteiger partial charge in [0.25, 0.3) is 5.91 Å². The molecule has 6 N–H and O–H groups in total. The minimum absolute atomic E-state index is 0.00320. The van der Waals surface area contributed by atoms with Crippen molar-refractivity contribution >= 4 is 40.1 Å². The number of carbonyl (C=O) groups is 3. The molecule has 0 heterocycles. The summed E-state index contributed by atoms with van der Waals surface area (Å²) in [6.45, 7) is 1.29. The highest BCUT2D eigenvalue weighted by molar-refractivity contribution is 9.10. The Labute approximate surface area is 250 Å². The number of hydrogen-bond donors (Lipinski definition) is 6. The minimum atomic E-state index is -1.40. The Morgan fingerprint density at radius 3 is 2.33 bits per heavy atom. The summed E-state index contributed by atoms with van der Waals surface area (Å²) in [5.74, 6) is -1.36. The molecule has 0 bridgehead atoms. The smallest absolute Gasteiger partial charge is 0.408 e. The molecule has 0 aliphatic carbocycles. The number of ether oxygens (including phenoxy) is 2. The molecule has 3 aromatic rings. The molecule has 0 fully saturated rings. The van der Waals surface area contributed by atoms with Crippen LogP contribution >= 0.6 is 15.9 Å². The minimum Gasteiger partial charge on any atom is -0.508 e. The number of hydrazone groups is 1. The van der Waals surface area contributed by atoms with E-state index in [0.717, 1.165) is 5.56 Å². The zero-order valence-electron chi connectivity index (χ0n) is 22.6. The number of aliphatic hydroxyl groups excluding tert-OH is 1. The van der Waals surface area contributed by atoms with Gasteiger partial charge in [0, 0.05) is 6.42 Å². The van der Waals surface area contributed by atoms with Crippen LogP contribution in [0.3, 0.4) is 0 Å². The highest BCUT2D eigenvalue weighted by Gasteiger charge is 2.27. The molecule has 3 rings (SSSR count). The lowest BCUT2D eigenvalue weighted by Crippen LogP contribution is -2.55. The van der Waals surface area contributed by atoms with Crippen molar-refractivity contribution in [3.63, 3.8) is 0 Å². The van der Waals surface area contributed by atoms with E-state index in [9.17, 15) is 29.7 Å². The highest BCUT2D eigenvalue weighted by Crippen LogP contribution is 2.35. The summed E-state index contributed by atoms with van der Waals surface area (Å²) in [7, 11) is 0. The van der Waals surface area contributed by atoms with Gasteiger partial charge in [0.1, 0.15) is 24.4 Å². The molecule has 0 saturated heterocycles. The maximum absolute atomic E-state index is 13.1. The van der Waals surface area contributed by atoms with Crippen LogP contribution in [0.2, 0.25) is 0 Å². The Balaban J connectivity index is 1.68. The van der Waals surface area contributed by atoms with Crippen molar-refractivity contribution in [1.82, 2.24) is 16.1 Å². The molecule has 0 aliphatic rings. The number of nitrogens with one attached hydrogen (secondary N) is 3. The molecule has 13 heteroatoms. The number of nitrogens with zero attached hydrogens (tertiary/aromatic N) is 1. The molecular formula is C29H31BrN4O8. The number of halogens is 1. The standard InChI is InChI=1S/C29H31BrN4O8/c1-2-41-25-14-20(12-22(30)26(25)37)15-31-34-28(39)23(13-18-8-10-21(36)11-9-18)32-27(38)24(16-35)33-29(40)42-17-19-6-4-3-5-7-19/h3-12,14-15,23-24,35-37H,2,13,16-17H2,1H3,(H,32,38)(H,33,40)(H,34,39)/b31-15-/t23-,24-/m0/s1. The number of phenolic OH excluding ortho intramolecular Hbond substituents is 2. The van der Waals surface area contributed by atoms with Gasteiger partial charge in [0.15, 0.2) is 11.5 Å². The van der Waals surface area contributed by atoms with Crippen LogP contribution in [-0.2, 0) is 27.4 Å². The van der Waals surface area contributed by atoms with Crippen LogP contribution in [0.4, 0.5) is 4.79 Å². The maximum Gasteiger partial charge on any atom is 0.408 e. The fraction of sp³-hybridized carbons (Fsp3) is 0.241. The first-order valence-corrected chi connectivity index (χ1v) is 13.6. The maximum atomic E-state index is 13.1. The van der Waals surface area contributed by atoms with Crippen molar-refractivity contribution in [1.29, 1.82) is 0 Å². The number of aromatic hydroxyl groups is 2. The summed E-state index contributed by atoms with van der Waals surface area (Å²) < 4.78 is 10.9. The number of carbonyl (C=O) groups excluding carboxylic acids is 3. The largest absolute Gasteiger partial charge is 0.508 e. The average molecular weight is 643 g/mol. The molecule has 2 atom stereocenters. The van der Waals surface area contributed by atoms with E-state index in [4.69, 9.17) is 9.47 Å². The van der Waals surface area contributed by atoms with Gasteiger partial charge in [-0.05, 0) is 63.8 Å². The van der Waals surface area contributed by atoms with Crippen molar-refractivity contribution < 1.29 is 39.2 Å². The van der Waals surface area contributed by atoms with Crippen LogP contribution in [0.25, 0.3) is 0 Å². The number of alkyl carbamates (subject to hydrolysis) is 1. The van der Waals surface area contributed by atoms with E-state index in [0.29, 0.717) is 22.2 Å². The molecule has 0 spiro atoms. The van der Waals surface area contributed by atoms with E-state index < -0.39 is 36.6 Å². The summed E-state index contributed by atoms with van der Waals surface area (Å²) in [4.78, 5) is 38.3. The summed E-state index contributed by atoms with van der Waals surface area (Å²) in [6, 6.07) is 15.4. The molecule has 0 unspecified atom stereocenters. The van der Waals surface area contributed by atoms with Gasteiger partial charge in [-0.15, -0.1) is 0 Å². The number of aliphatic hydroxyl groups is 1. The Morgan fingerprint density at radius 1 is 0.952 bits per heavy atom. The third kappa shape index (κ3) is 9.78. The van der Waals surface area contributed by atoms with Crippen molar-refractivity contribution in [2.75, 3.05) is 13.2 Å². The number of benzene rings is 3. The van der Waals surface area contributed by atoms with E-state index in [1.807, 2.05) is 6.07 Å². The first-order valence-electron chi connectivity index (χ1n) is 12.8. The first kappa shape index (κ1) is 31.9. The van der Waals surface area contributed by atoms with E-state index in [-0.39, 0.29) is 30.3 Å². The zero-order chi connectivity index (χ0) is 30.5. The second-order valence-corrected chi connectivity index (χ2v) is 9.74. The fourth-order valence-corrected chi connectivity index (χ4v) is 4.09. The van der Waals surface area contributed by atoms with E-state index in [1.54, 1.807) is 49.4 Å². The number of phenols is 2. The SMILES string of the molecule is CCOc1cc(/C=N\NC(=O)[C@H](Cc2ccc(O)cc2)NC(=O)[C@H](CO)NC(=O)OCc2ccccc2)cc(Br)c1O. The van der Waals surface area contributed by atoms with Gasteiger partial charge in [-0.2, -0.15) is 5.10 Å². The van der Waals surface area contributed by atoms with Crippen LogP contribution in [0.1, 0.15) is 23.6 Å². The lowest BCUT2D eigenvalue weighted by molar-refractivity contribution is -0.130. The summed E-state index contributed by atoms with van der Waals surface area (Å²) >= 11 is 3.24. The van der Waals surface area contributed by atoms with E-state index in [1.165, 1.54) is 24.4 Å². The van der Waals surface area contributed by atoms with Crippen LogP contribution in [0.15, 0.2) is 76.3 Å². The van der Waals surface area contributed by atoms with Crippen LogP contribution < -0.4 is 20.8 Å². The molecule has 3 aromatic carbocycles. The zero-order valence-corrected chi connectivity index (χ0v) is 24.2. The quantitative estimate of drug-likeness (QED) is 0.122. The Morgan fingerprint density at radius 2 is 1.67 bits per heavy atom. The molecule has 12 nitrogen and oxygen atoms in total. The monoisotopic (exact) mass is 642 g/mol. The van der Waals surface area contributed by atoms with Gasteiger partial charge < -0.3 is 35.4 Å². The molecule has 3 amide bonds. The molecule has 0 saturated carbocycles. The lowest BCUT2D eigenvalue weighted by Gasteiger charge is -2.21. The second kappa shape index (κ2) is 16.0. The van der Waals surface area contributed by atoms with Crippen LogP contribution in [0, 0.1) is 0 Å². The predicted molar refractivity (Wildman–Crippen MR) is 157 cm³/mol. The van der Waals surface area contributed by atoms with Crippen molar-refractivity contribution in [3.05, 3.63) is 87.9 Å². The van der Waals surface area contributed by atoms with Gasteiger partial charge >= 0.3 is 6.09 Å². The molecule has 0 radical (unpaired) electrons. The van der Waals surface area contributed by atoms with Crippen molar-refractivity contribution in [2.24, 2.45) is 5.10 Å². The Bertz CT molecular complexity index is 1390. The topological polar surface area (TPSA) is 179 Å². The van der Waals surface area contributed by atoms with Crippen LogP contribution in [-0.4, -0.2) is 64.7 Å². The summed E-state index contributed by atoms with van der Waals surface area (Å²) in [6.07, 6.45) is 0.400. The number of hydrogen-bond acceptors (Lipinski definition) is 9. The third-order valence-electron chi connectivity index (χ3n) is 5.75. The Hall–Kier alpha value is -4.62. The van der Waals surface area contributed by atoms with Crippen molar-refractivity contribution in [3.8, 4) is 17.2 Å². The second-order valence-electron chi connectivity index (χ2n) is 8.89. The summed E-state index contributed by atoms with van der Waals surface area (Å²) in [5, 5.41) is 38.2. The first-order chi connectivity index (χ1) is 20.2. The molecule has 0 aromatic heterocycles. The van der Waals surface area contributed by atoms with E-state index in [2.05, 4.69) is 37.1 Å². The van der Waals surface area contributed by atoms with Gasteiger partial charge in [0.2, 0.25) is 5.91 Å². The number of amides is 3. The molecule has 222 valence electrons. The van der Waals surface area contributed by atoms with Gasteiger partial charge in [-0.25, -0.2) is 10.2 Å². The van der Waals surface area contributed by atoms with Crippen LogP contribution in [0.5, 0.6) is 17.2 Å². The third-order valence-corrected chi connectivity index (χ3v) is 6.36.